The predicted octanol–water partition coefficient (Wildman–Crippen LogP) is 4.84. The topological polar surface area (TPSA) is 29.5 Å². The number of aromatic hydroxyl groups is 1. The van der Waals surface area contributed by atoms with Crippen LogP contribution in [-0.2, 0) is 11.2 Å². The van der Waals surface area contributed by atoms with E-state index in [0.717, 1.165) is 18.4 Å². The average Bonchev–Trinajstić information content (AvgIpc) is 2.42. The highest BCUT2D eigenvalue weighted by Crippen LogP contribution is 2.37. The molecule has 1 aromatic carbocycles. The van der Waals surface area contributed by atoms with E-state index in [1.807, 2.05) is 18.2 Å². The fraction of sp³-hybridized carbons (Fsp3) is 0.667. The summed E-state index contributed by atoms with van der Waals surface area (Å²) in [4.78, 5) is 0. The Kier molecular flexibility index (Phi) is 5.47. The first kappa shape index (κ1) is 15.4. The first-order valence-electron chi connectivity index (χ1n) is 8.10. The lowest BCUT2D eigenvalue weighted by molar-refractivity contribution is -0.112. The Morgan fingerprint density at radius 2 is 1.90 bits per heavy atom. The van der Waals surface area contributed by atoms with Crippen LogP contribution < -0.4 is 0 Å². The van der Waals surface area contributed by atoms with Gasteiger partial charge in [-0.3, -0.25) is 0 Å². The summed E-state index contributed by atoms with van der Waals surface area (Å²) in [7, 11) is 0. The third kappa shape index (κ3) is 3.99. The lowest BCUT2D eigenvalue weighted by Gasteiger charge is -2.39. The van der Waals surface area contributed by atoms with Gasteiger partial charge in [-0.15, -0.1) is 0 Å². The van der Waals surface area contributed by atoms with Crippen molar-refractivity contribution in [1.29, 1.82) is 0 Å². The second-order valence-electron chi connectivity index (χ2n) is 6.25. The van der Waals surface area contributed by atoms with Crippen LogP contribution in [0, 0.1) is 0 Å². The van der Waals surface area contributed by atoms with E-state index in [1.54, 1.807) is 6.07 Å². The van der Waals surface area contributed by atoms with E-state index in [0.29, 0.717) is 5.75 Å². The van der Waals surface area contributed by atoms with Crippen molar-refractivity contribution in [3.05, 3.63) is 29.8 Å². The number of phenols is 1. The normalized spacial score (nSPS) is 19.7. The molecule has 1 saturated carbocycles. The largest absolute Gasteiger partial charge is 0.508 e. The zero-order valence-corrected chi connectivity index (χ0v) is 12.9. The monoisotopic (exact) mass is 276 g/mol. The fourth-order valence-corrected chi connectivity index (χ4v) is 3.54. The van der Waals surface area contributed by atoms with Gasteiger partial charge >= 0.3 is 0 Å². The highest BCUT2D eigenvalue weighted by atomic mass is 16.5. The minimum Gasteiger partial charge on any atom is -0.508 e. The van der Waals surface area contributed by atoms with Crippen molar-refractivity contribution in [2.45, 2.75) is 76.9 Å². The molecular weight excluding hydrogens is 248 g/mol. The van der Waals surface area contributed by atoms with Crippen molar-refractivity contribution in [3.63, 3.8) is 0 Å². The van der Waals surface area contributed by atoms with Gasteiger partial charge in [0, 0.05) is 6.42 Å². The van der Waals surface area contributed by atoms with Crippen LogP contribution in [0.1, 0.15) is 64.4 Å². The summed E-state index contributed by atoms with van der Waals surface area (Å²) in [5, 5.41) is 9.88. The Hall–Kier alpha value is -1.02. The number of ether oxygens (including phenoxy) is 1. The first-order valence-corrected chi connectivity index (χ1v) is 8.10. The van der Waals surface area contributed by atoms with E-state index >= 15 is 0 Å². The van der Waals surface area contributed by atoms with Crippen LogP contribution >= 0.6 is 0 Å². The molecule has 0 radical (unpaired) electrons. The van der Waals surface area contributed by atoms with Crippen molar-refractivity contribution < 1.29 is 9.84 Å². The van der Waals surface area contributed by atoms with Crippen molar-refractivity contribution in [3.8, 4) is 5.75 Å². The number of phenolic OH excluding ortho intramolecular Hbond substituents is 1. The lowest BCUT2D eigenvalue weighted by atomic mass is 9.81. The van der Waals surface area contributed by atoms with Gasteiger partial charge in [0.15, 0.2) is 0 Å². The number of para-hydroxylation sites is 1. The van der Waals surface area contributed by atoms with Crippen LogP contribution in [0.5, 0.6) is 5.75 Å². The standard InChI is InChI=1S/C18H28O2/c1-3-11-18(12-7-4-8-13-18)20-15(2)14-16-9-5-6-10-17(16)19/h5-6,9-10,15,19H,3-4,7-8,11-14H2,1-2H3. The molecule has 1 aromatic rings. The third-order valence-corrected chi connectivity index (χ3v) is 4.42. The van der Waals surface area contributed by atoms with Crippen LogP contribution in [0.25, 0.3) is 0 Å². The molecule has 1 aliphatic carbocycles. The third-order valence-electron chi connectivity index (χ3n) is 4.42. The average molecular weight is 276 g/mol. The molecule has 2 rings (SSSR count). The molecule has 0 amide bonds. The van der Waals surface area contributed by atoms with Crippen molar-refractivity contribution in [1.82, 2.24) is 0 Å². The molecule has 2 nitrogen and oxygen atoms in total. The summed E-state index contributed by atoms with van der Waals surface area (Å²) in [6.45, 7) is 4.38. The Balaban J connectivity index is 1.98. The molecule has 0 heterocycles. The Morgan fingerprint density at radius 1 is 1.20 bits per heavy atom. The molecule has 1 unspecified atom stereocenters. The minimum atomic E-state index is 0.0941. The van der Waals surface area contributed by atoms with E-state index in [9.17, 15) is 5.11 Å². The van der Waals surface area contributed by atoms with Gasteiger partial charge in [0.1, 0.15) is 5.75 Å². The molecule has 2 heteroatoms. The highest BCUT2D eigenvalue weighted by Gasteiger charge is 2.33. The summed E-state index contributed by atoms with van der Waals surface area (Å²) in [6, 6.07) is 7.58. The highest BCUT2D eigenvalue weighted by molar-refractivity contribution is 5.32. The van der Waals surface area contributed by atoms with Crippen LogP contribution in [0.15, 0.2) is 24.3 Å². The van der Waals surface area contributed by atoms with E-state index in [-0.39, 0.29) is 11.7 Å². The first-order chi connectivity index (χ1) is 9.65. The van der Waals surface area contributed by atoms with E-state index < -0.39 is 0 Å². The molecule has 1 atom stereocenters. The van der Waals surface area contributed by atoms with E-state index in [4.69, 9.17) is 4.74 Å². The van der Waals surface area contributed by atoms with E-state index in [2.05, 4.69) is 13.8 Å². The summed E-state index contributed by atoms with van der Waals surface area (Å²) >= 11 is 0. The second kappa shape index (κ2) is 7.12. The van der Waals surface area contributed by atoms with Gasteiger partial charge in [0.2, 0.25) is 0 Å². The van der Waals surface area contributed by atoms with Gasteiger partial charge in [-0.2, -0.15) is 0 Å². The van der Waals surface area contributed by atoms with Gasteiger partial charge in [-0.1, -0.05) is 50.8 Å². The molecule has 1 aliphatic rings. The minimum absolute atomic E-state index is 0.0941. The van der Waals surface area contributed by atoms with E-state index in [1.165, 1.54) is 38.5 Å². The van der Waals surface area contributed by atoms with Crippen LogP contribution in [-0.4, -0.2) is 16.8 Å². The molecular formula is C18H28O2. The predicted molar refractivity (Wildman–Crippen MR) is 83.1 cm³/mol. The Bertz CT molecular complexity index is 402. The quantitative estimate of drug-likeness (QED) is 0.805. The molecule has 0 spiro atoms. The van der Waals surface area contributed by atoms with Crippen LogP contribution in [0.2, 0.25) is 0 Å². The lowest BCUT2D eigenvalue weighted by Crippen LogP contribution is -2.38. The number of rotatable bonds is 6. The van der Waals surface area contributed by atoms with Crippen LogP contribution in [0.3, 0.4) is 0 Å². The van der Waals surface area contributed by atoms with Crippen molar-refractivity contribution >= 4 is 0 Å². The molecule has 0 saturated heterocycles. The van der Waals surface area contributed by atoms with Gasteiger partial charge < -0.3 is 9.84 Å². The number of hydrogen-bond donors (Lipinski definition) is 1. The fourth-order valence-electron chi connectivity index (χ4n) is 3.54. The molecule has 112 valence electrons. The Morgan fingerprint density at radius 3 is 2.55 bits per heavy atom. The molecule has 20 heavy (non-hydrogen) atoms. The second-order valence-corrected chi connectivity index (χ2v) is 6.25. The molecule has 1 fully saturated rings. The maximum atomic E-state index is 9.88. The van der Waals surface area contributed by atoms with Gasteiger partial charge in [-0.05, 0) is 37.8 Å². The molecule has 0 bridgehead atoms. The summed E-state index contributed by atoms with van der Waals surface area (Å²) < 4.78 is 6.47. The SMILES string of the molecule is CCCC1(OC(C)Cc2ccccc2O)CCCCC1. The molecule has 0 aliphatic heterocycles. The number of hydrogen-bond acceptors (Lipinski definition) is 2. The van der Waals surface area contributed by atoms with Gasteiger partial charge in [-0.25, -0.2) is 0 Å². The van der Waals surface area contributed by atoms with Gasteiger partial charge in [0.05, 0.1) is 11.7 Å². The zero-order valence-electron chi connectivity index (χ0n) is 12.9. The summed E-state index contributed by atoms with van der Waals surface area (Å²) in [6.07, 6.45) is 9.64. The Labute approximate surface area is 123 Å². The maximum absolute atomic E-state index is 9.88. The summed E-state index contributed by atoms with van der Waals surface area (Å²) in [5.41, 5.74) is 1.08. The smallest absolute Gasteiger partial charge is 0.118 e. The van der Waals surface area contributed by atoms with Crippen molar-refractivity contribution in [2.75, 3.05) is 0 Å². The summed E-state index contributed by atoms with van der Waals surface area (Å²) in [5.74, 6) is 0.385. The zero-order chi connectivity index (χ0) is 14.4. The van der Waals surface area contributed by atoms with Crippen LogP contribution in [0.4, 0.5) is 0 Å². The van der Waals surface area contributed by atoms with Gasteiger partial charge in [0.25, 0.3) is 0 Å². The molecule has 1 N–H and O–H groups in total. The van der Waals surface area contributed by atoms with Crippen molar-refractivity contribution in [2.24, 2.45) is 0 Å². The maximum Gasteiger partial charge on any atom is 0.118 e. The molecule has 0 aromatic heterocycles. The number of benzene rings is 1.